The van der Waals surface area contributed by atoms with Gasteiger partial charge in [-0.3, -0.25) is 13.9 Å². The average molecular weight is 601 g/mol. The van der Waals surface area contributed by atoms with Gasteiger partial charge < -0.3 is 15.0 Å². The van der Waals surface area contributed by atoms with Gasteiger partial charge in [-0.1, -0.05) is 48.3 Å². The van der Waals surface area contributed by atoms with Gasteiger partial charge in [-0.25, -0.2) is 8.42 Å². The minimum absolute atomic E-state index is 0.00416. The first kappa shape index (κ1) is 32.7. The number of hydrogen-bond donors (Lipinski definition) is 1. The summed E-state index contributed by atoms with van der Waals surface area (Å²) in [5, 5.41) is 3.74. The number of ether oxygens (including phenoxy) is 1. The first-order valence-electron chi connectivity index (χ1n) is 12.9. The number of hydrogen-bond acceptors (Lipinski definition) is 5. The monoisotopic (exact) mass is 599 g/mol. The zero-order valence-electron chi connectivity index (χ0n) is 23.5. The van der Waals surface area contributed by atoms with Crippen molar-refractivity contribution >= 4 is 50.7 Å². The number of sulfonamides is 1. The number of para-hydroxylation sites is 2. The van der Waals surface area contributed by atoms with E-state index in [-0.39, 0.29) is 37.7 Å². The van der Waals surface area contributed by atoms with Crippen molar-refractivity contribution in [1.82, 2.24) is 10.2 Å². The number of halogens is 2. The molecule has 1 N–H and O–H groups in total. The molecule has 11 heteroatoms. The lowest BCUT2D eigenvalue weighted by Crippen LogP contribution is -2.53. The van der Waals surface area contributed by atoms with Gasteiger partial charge in [0.25, 0.3) is 0 Å². The lowest BCUT2D eigenvalue weighted by molar-refractivity contribution is -0.142. The summed E-state index contributed by atoms with van der Waals surface area (Å²) in [5.74, 6) is -0.157. The highest BCUT2D eigenvalue weighted by molar-refractivity contribution is 7.92. The lowest BCUT2D eigenvalue weighted by Gasteiger charge is -2.33. The maximum Gasteiger partial charge on any atom is 0.243 e. The van der Waals surface area contributed by atoms with Crippen LogP contribution >= 0.6 is 23.2 Å². The van der Waals surface area contributed by atoms with Gasteiger partial charge in [-0.05, 0) is 64.8 Å². The van der Waals surface area contributed by atoms with Crippen LogP contribution in [0, 0.1) is 0 Å². The minimum Gasteiger partial charge on any atom is -0.492 e. The molecule has 8 nitrogen and oxygen atoms in total. The van der Waals surface area contributed by atoms with Gasteiger partial charge in [-0.15, -0.1) is 0 Å². The number of benzene rings is 2. The molecule has 0 radical (unpaired) electrons. The number of nitrogens with zero attached hydrogens (tertiary/aromatic N) is 2. The highest BCUT2D eigenvalue weighted by atomic mass is 35.5. The van der Waals surface area contributed by atoms with Crippen molar-refractivity contribution in [3.63, 3.8) is 0 Å². The quantitative estimate of drug-likeness (QED) is 0.320. The molecule has 2 rings (SSSR count). The number of carbonyl (C=O) groups excluding carboxylic acids is 2. The van der Waals surface area contributed by atoms with Crippen molar-refractivity contribution in [2.45, 2.75) is 72.0 Å². The molecular weight excluding hydrogens is 561 g/mol. The van der Waals surface area contributed by atoms with Crippen molar-refractivity contribution in [2.75, 3.05) is 23.7 Å². The van der Waals surface area contributed by atoms with Crippen molar-refractivity contribution in [1.29, 1.82) is 0 Å². The zero-order valence-corrected chi connectivity index (χ0v) is 25.8. The fraction of sp³-hybridized carbons (Fsp3) is 0.500. The number of nitrogens with one attached hydrogen (secondary N) is 1. The van der Waals surface area contributed by atoms with Crippen LogP contribution in [0.25, 0.3) is 0 Å². The van der Waals surface area contributed by atoms with E-state index in [2.05, 4.69) is 5.32 Å². The summed E-state index contributed by atoms with van der Waals surface area (Å²) in [6, 6.07) is 11.2. The highest BCUT2D eigenvalue weighted by Crippen LogP contribution is 2.31. The molecule has 0 aliphatic heterocycles. The predicted octanol–water partition coefficient (Wildman–Crippen LogP) is 5.66. The van der Waals surface area contributed by atoms with Gasteiger partial charge >= 0.3 is 0 Å². The average Bonchev–Trinajstić information content (AvgIpc) is 2.82. The molecule has 0 aromatic heterocycles. The van der Waals surface area contributed by atoms with Gasteiger partial charge in [-0.2, -0.15) is 0 Å². The van der Waals surface area contributed by atoms with Crippen LogP contribution in [0.5, 0.6) is 5.75 Å². The van der Waals surface area contributed by atoms with Crippen molar-refractivity contribution in [3.8, 4) is 5.75 Å². The second-order valence-corrected chi connectivity index (χ2v) is 12.9. The molecule has 0 saturated carbocycles. The molecule has 2 aromatic carbocycles. The molecular formula is C28H39Cl2N3O5S. The van der Waals surface area contributed by atoms with Crippen molar-refractivity contribution in [3.05, 3.63) is 58.1 Å². The third-order valence-electron chi connectivity index (χ3n) is 5.86. The molecule has 216 valence electrons. The van der Waals surface area contributed by atoms with Gasteiger partial charge in [0.1, 0.15) is 11.8 Å². The van der Waals surface area contributed by atoms with Crippen LogP contribution in [0.2, 0.25) is 10.0 Å². The number of carbonyl (C=O) groups is 2. The minimum atomic E-state index is -3.66. The Morgan fingerprint density at radius 1 is 1.03 bits per heavy atom. The third-order valence-corrected chi connectivity index (χ3v) is 7.75. The van der Waals surface area contributed by atoms with E-state index in [1.165, 1.54) is 9.21 Å². The van der Waals surface area contributed by atoms with E-state index in [1.807, 2.05) is 34.6 Å². The molecule has 0 saturated heterocycles. The largest absolute Gasteiger partial charge is 0.492 e. The van der Waals surface area contributed by atoms with Crippen molar-refractivity contribution in [2.24, 2.45) is 0 Å². The second kappa shape index (κ2) is 14.2. The Hall–Kier alpha value is -2.49. The summed E-state index contributed by atoms with van der Waals surface area (Å²) in [6.07, 6.45) is 1.71. The SMILES string of the molecule is CCOc1ccccc1N(CCCC(=O)N(Cc1c(Cl)cccc1Cl)[C@H](CC)C(=O)NC(C)(C)C)S(C)(=O)=O. The summed E-state index contributed by atoms with van der Waals surface area (Å²) in [5.41, 5.74) is 0.454. The van der Waals surface area contributed by atoms with Crippen LogP contribution in [0.15, 0.2) is 42.5 Å². The number of rotatable bonds is 13. The summed E-state index contributed by atoms with van der Waals surface area (Å²) in [7, 11) is -3.66. The molecule has 0 aliphatic rings. The topological polar surface area (TPSA) is 96.0 Å². The van der Waals surface area contributed by atoms with Crippen LogP contribution < -0.4 is 14.4 Å². The Morgan fingerprint density at radius 2 is 1.64 bits per heavy atom. The first-order chi connectivity index (χ1) is 18.2. The van der Waals surface area contributed by atoms with E-state index in [0.717, 1.165) is 6.26 Å². The first-order valence-corrected chi connectivity index (χ1v) is 15.5. The normalized spacial score (nSPS) is 12.5. The van der Waals surface area contributed by atoms with Crippen LogP contribution in [0.1, 0.15) is 59.4 Å². The maximum absolute atomic E-state index is 13.6. The van der Waals surface area contributed by atoms with Crippen LogP contribution in [0.4, 0.5) is 5.69 Å². The molecule has 0 heterocycles. The molecule has 39 heavy (non-hydrogen) atoms. The fourth-order valence-electron chi connectivity index (χ4n) is 4.15. The Bertz CT molecular complexity index is 1230. The van der Waals surface area contributed by atoms with E-state index < -0.39 is 21.6 Å². The maximum atomic E-state index is 13.6. The molecule has 0 unspecified atom stereocenters. The standard InChI is InChI=1S/C28H39Cl2N3O5S/c1-7-23(27(35)31-28(3,4)5)32(19-20-21(29)13-11-14-22(20)30)26(34)17-12-18-33(39(6,36)37)24-15-9-10-16-25(24)38-8-2/h9-11,13-16,23H,7-8,12,17-19H2,1-6H3,(H,31,35)/t23-/m1/s1. The van der Waals surface area contributed by atoms with E-state index in [9.17, 15) is 18.0 Å². The summed E-state index contributed by atoms with van der Waals surface area (Å²) in [6.45, 7) is 9.73. The molecule has 2 amide bonds. The Balaban J connectivity index is 2.33. The molecule has 0 aliphatic carbocycles. The summed E-state index contributed by atoms with van der Waals surface area (Å²) in [4.78, 5) is 28.3. The van der Waals surface area contributed by atoms with Crippen LogP contribution in [-0.4, -0.2) is 56.1 Å². The van der Waals surface area contributed by atoms with Gasteiger partial charge in [0.15, 0.2) is 0 Å². The molecule has 0 bridgehead atoms. The smallest absolute Gasteiger partial charge is 0.243 e. The fourth-order valence-corrected chi connectivity index (χ4v) is 5.64. The Kier molecular flexibility index (Phi) is 11.9. The summed E-state index contributed by atoms with van der Waals surface area (Å²) >= 11 is 12.8. The molecule has 0 fully saturated rings. The van der Waals surface area contributed by atoms with Crippen molar-refractivity contribution < 1.29 is 22.7 Å². The Morgan fingerprint density at radius 3 is 2.18 bits per heavy atom. The van der Waals surface area contributed by atoms with Gasteiger partial charge in [0.05, 0.1) is 18.6 Å². The van der Waals surface area contributed by atoms with Crippen LogP contribution in [-0.2, 0) is 26.2 Å². The highest BCUT2D eigenvalue weighted by Gasteiger charge is 2.31. The number of amides is 2. The van der Waals surface area contributed by atoms with Gasteiger partial charge in [0.2, 0.25) is 21.8 Å². The van der Waals surface area contributed by atoms with E-state index >= 15 is 0 Å². The van der Waals surface area contributed by atoms with E-state index in [0.29, 0.717) is 40.1 Å². The lowest BCUT2D eigenvalue weighted by atomic mass is 10.0. The molecule has 2 aromatic rings. The summed E-state index contributed by atoms with van der Waals surface area (Å²) < 4.78 is 32.2. The number of anilines is 1. The molecule has 0 spiro atoms. The van der Waals surface area contributed by atoms with Crippen LogP contribution in [0.3, 0.4) is 0 Å². The van der Waals surface area contributed by atoms with E-state index in [1.54, 1.807) is 42.5 Å². The predicted molar refractivity (Wildman–Crippen MR) is 158 cm³/mol. The van der Waals surface area contributed by atoms with E-state index in [4.69, 9.17) is 27.9 Å². The van der Waals surface area contributed by atoms with Gasteiger partial charge in [0, 0.05) is 40.7 Å². The second-order valence-electron chi connectivity index (χ2n) is 10.2. The Labute approximate surface area is 242 Å². The molecule has 1 atom stereocenters. The zero-order chi connectivity index (χ0) is 29.4. The third kappa shape index (κ3) is 9.58.